The van der Waals surface area contributed by atoms with Gasteiger partial charge in [-0.1, -0.05) is 6.08 Å². The Hall–Kier alpha value is -1.15. The monoisotopic (exact) mass is 400 g/mol. The van der Waals surface area contributed by atoms with E-state index in [0.717, 1.165) is 37.7 Å². The lowest BCUT2D eigenvalue weighted by Crippen LogP contribution is -2.26. The van der Waals surface area contributed by atoms with Crippen molar-refractivity contribution in [2.45, 2.75) is 104 Å². The van der Waals surface area contributed by atoms with Crippen molar-refractivity contribution in [1.82, 2.24) is 0 Å². The van der Waals surface area contributed by atoms with Crippen molar-refractivity contribution in [3.05, 3.63) is 45.8 Å². The molecule has 0 aliphatic heterocycles. The largest absolute Gasteiger partial charge is 0.378 e. The van der Waals surface area contributed by atoms with Gasteiger partial charge in [0.05, 0.1) is 12.4 Å². The number of benzene rings is 1. The molecule has 3 rings (SSSR count). The second-order valence-corrected chi connectivity index (χ2v) is 9.83. The van der Waals surface area contributed by atoms with E-state index in [2.05, 4.69) is 34.6 Å². The molecule has 0 amide bonds. The summed E-state index contributed by atoms with van der Waals surface area (Å²) in [6, 6.07) is 0. The van der Waals surface area contributed by atoms with Gasteiger partial charge in [-0.3, -0.25) is 0 Å². The first-order valence-corrected chi connectivity index (χ1v) is 11.9. The van der Waals surface area contributed by atoms with Gasteiger partial charge in [0.15, 0.2) is 0 Å². The van der Waals surface area contributed by atoms with Crippen molar-refractivity contribution in [3.63, 3.8) is 0 Å². The average molecular weight is 401 g/mol. The first-order chi connectivity index (χ1) is 13.9. The van der Waals surface area contributed by atoms with E-state index in [1.54, 1.807) is 11.6 Å². The molecule has 0 saturated heterocycles. The van der Waals surface area contributed by atoms with E-state index in [4.69, 9.17) is 4.74 Å². The molecule has 162 valence electrons. The molecular weight excluding hydrogens is 359 g/mol. The van der Waals surface area contributed by atoms with E-state index in [0.29, 0.717) is 18.4 Å². The molecule has 2 aliphatic carbocycles. The van der Waals surface area contributed by atoms with Crippen LogP contribution in [0, 0.1) is 46.5 Å². The predicted octanol–water partition coefficient (Wildman–Crippen LogP) is 7.95. The van der Waals surface area contributed by atoms with Gasteiger partial charge in [0.2, 0.25) is 0 Å². The van der Waals surface area contributed by atoms with Crippen LogP contribution in [0.3, 0.4) is 0 Å². The normalized spacial score (nSPS) is 28.2. The number of hydrogen-bond acceptors (Lipinski definition) is 1. The number of halogens is 1. The van der Waals surface area contributed by atoms with Crippen molar-refractivity contribution < 1.29 is 9.13 Å². The standard InChI is InChI=1S/C27H41FO/c1-18-19(2)21(4)27(22(5)20(18)3)25-12-8-24(9-13-25)17-29-26-14-10-23(11-15-26)7-6-16-28/h6,16,23-26H,7-15,17H2,1-5H3/b16-6+. The number of allylic oxidation sites excluding steroid dienone is 1. The Kier molecular flexibility index (Phi) is 7.96. The second-order valence-electron chi connectivity index (χ2n) is 9.83. The van der Waals surface area contributed by atoms with Crippen LogP contribution in [-0.4, -0.2) is 12.7 Å². The zero-order valence-corrected chi connectivity index (χ0v) is 19.3. The van der Waals surface area contributed by atoms with E-state index in [1.807, 2.05) is 0 Å². The van der Waals surface area contributed by atoms with Crippen LogP contribution in [-0.2, 0) is 4.74 Å². The fraction of sp³-hybridized carbons (Fsp3) is 0.704. The van der Waals surface area contributed by atoms with Crippen LogP contribution >= 0.6 is 0 Å². The molecule has 2 saturated carbocycles. The van der Waals surface area contributed by atoms with E-state index >= 15 is 0 Å². The number of rotatable bonds is 6. The molecule has 0 spiro atoms. The summed E-state index contributed by atoms with van der Waals surface area (Å²) in [5.41, 5.74) is 9.17. The summed E-state index contributed by atoms with van der Waals surface area (Å²) in [6.45, 7) is 12.5. The van der Waals surface area contributed by atoms with Gasteiger partial charge >= 0.3 is 0 Å². The van der Waals surface area contributed by atoms with Crippen LogP contribution in [0.15, 0.2) is 12.4 Å². The Balaban J connectivity index is 1.47. The summed E-state index contributed by atoms with van der Waals surface area (Å²) < 4.78 is 18.5. The quantitative estimate of drug-likeness (QED) is 0.471. The van der Waals surface area contributed by atoms with Gasteiger partial charge in [-0.25, -0.2) is 4.39 Å². The molecule has 1 aromatic rings. The number of ether oxygens (including phenoxy) is 1. The van der Waals surface area contributed by atoms with E-state index in [9.17, 15) is 4.39 Å². The van der Waals surface area contributed by atoms with Crippen LogP contribution in [0.25, 0.3) is 0 Å². The van der Waals surface area contributed by atoms with Gasteiger partial charge in [0.1, 0.15) is 0 Å². The summed E-state index contributed by atoms with van der Waals surface area (Å²) >= 11 is 0. The van der Waals surface area contributed by atoms with Gasteiger partial charge in [-0.15, -0.1) is 0 Å². The average Bonchev–Trinajstić information content (AvgIpc) is 2.75. The molecule has 0 unspecified atom stereocenters. The molecule has 2 aliphatic rings. The molecule has 2 fully saturated rings. The zero-order valence-electron chi connectivity index (χ0n) is 19.3. The van der Waals surface area contributed by atoms with Crippen LogP contribution in [0.5, 0.6) is 0 Å². The summed E-state index contributed by atoms with van der Waals surface area (Å²) in [7, 11) is 0. The highest BCUT2D eigenvalue weighted by Gasteiger charge is 2.28. The maximum Gasteiger partial charge on any atom is 0.0827 e. The fourth-order valence-electron chi connectivity index (χ4n) is 5.81. The van der Waals surface area contributed by atoms with Crippen LogP contribution < -0.4 is 0 Å². The van der Waals surface area contributed by atoms with Gasteiger partial charge < -0.3 is 4.74 Å². The van der Waals surface area contributed by atoms with Crippen LogP contribution in [0.2, 0.25) is 0 Å². The van der Waals surface area contributed by atoms with Gasteiger partial charge in [0.25, 0.3) is 0 Å². The third kappa shape index (κ3) is 5.32. The summed E-state index contributed by atoms with van der Waals surface area (Å²) in [5, 5.41) is 0. The SMILES string of the molecule is Cc1c(C)c(C)c(C2CCC(COC3CCC(C/C=C/F)CC3)CC2)c(C)c1C. The van der Waals surface area contributed by atoms with Crippen LogP contribution in [0.1, 0.15) is 97.1 Å². The minimum Gasteiger partial charge on any atom is -0.378 e. The molecule has 0 heterocycles. The first kappa shape index (κ1) is 22.5. The molecule has 0 radical (unpaired) electrons. The van der Waals surface area contributed by atoms with Crippen molar-refractivity contribution in [3.8, 4) is 0 Å². The summed E-state index contributed by atoms with van der Waals surface area (Å²) in [5.74, 6) is 2.11. The third-order valence-corrected chi connectivity index (χ3v) is 8.23. The highest BCUT2D eigenvalue weighted by molar-refractivity contribution is 5.51. The Labute approximate surface area is 178 Å². The lowest BCUT2D eigenvalue weighted by Gasteiger charge is -2.34. The smallest absolute Gasteiger partial charge is 0.0827 e. The van der Waals surface area contributed by atoms with Crippen molar-refractivity contribution >= 4 is 0 Å². The molecule has 0 N–H and O–H groups in total. The van der Waals surface area contributed by atoms with E-state index in [-0.39, 0.29) is 0 Å². The maximum absolute atomic E-state index is 12.2. The summed E-state index contributed by atoms with van der Waals surface area (Å²) in [6.07, 6.45) is 13.6. The third-order valence-electron chi connectivity index (χ3n) is 8.23. The number of hydrogen-bond donors (Lipinski definition) is 0. The van der Waals surface area contributed by atoms with Crippen molar-refractivity contribution in [2.75, 3.05) is 6.61 Å². The Bertz CT molecular complexity index is 675. The van der Waals surface area contributed by atoms with Gasteiger partial charge in [0, 0.05) is 6.61 Å². The molecule has 29 heavy (non-hydrogen) atoms. The second kappa shape index (κ2) is 10.2. The lowest BCUT2D eigenvalue weighted by molar-refractivity contribution is -0.00752. The predicted molar refractivity (Wildman–Crippen MR) is 121 cm³/mol. The first-order valence-electron chi connectivity index (χ1n) is 11.9. The van der Waals surface area contributed by atoms with Crippen molar-refractivity contribution in [1.29, 1.82) is 0 Å². The minimum atomic E-state index is 0.435. The van der Waals surface area contributed by atoms with Crippen LogP contribution in [0.4, 0.5) is 4.39 Å². The maximum atomic E-state index is 12.2. The molecule has 1 aromatic carbocycles. The Morgan fingerprint density at radius 2 is 1.24 bits per heavy atom. The minimum absolute atomic E-state index is 0.435. The Morgan fingerprint density at radius 3 is 1.79 bits per heavy atom. The van der Waals surface area contributed by atoms with Gasteiger partial charge in [-0.2, -0.15) is 0 Å². The lowest BCUT2D eigenvalue weighted by atomic mass is 9.74. The fourth-order valence-corrected chi connectivity index (χ4v) is 5.81. The summed E-state index contributed by atoms with van der Waals surface area (Å²) in [4.78, 5) is 0. The molecule has 0 aromatic heterocycles. The highest BCUT2D eigenvalue weighted by Crippen LogP contribution is 2.41. The molecule has 2 heteroatoms. The highest BCUT2D eigenvalue weighted by atomic mass is 19.1. The molecule has 0 atom stereocenters. The molecule has 0 bridgehead atoms. The molecular formula is C27H41FO. The van der Waals surface area contributed by atoms with E-state index in [1.165, 1.54) is 66.3 Å². The van der Waals surface area contributed by atoms with E-state index < -0.39 is 0 Å². The van der Waals surface area contributed by atoms with Gasteiger partial charge in [-0.05, 0) is 144 Å². The molecule has 1 nitrogen and oxygen atoms in total. The topological polar surface area (TPSA) is 9.23 Å². The zero-order chi connectivity index (χ0) is 21.0. The Morgan fingerprint density at radius 1 is 0.724 bits per heavy atom. The van der Waals surface area contributed by atoms with Crippen molar-refractivity contribution in [2.24, 2.45) is 11.8 Å².